The maximum absolute atomic E-state index is 6.28. The summed E-state index contributed by atoms with van der Waals surface area (Å²) in [7, 11) is 0. The molecule has 1 atom stereocenters. The van der Waals surface area contributed by atoms with Gasteiger partial charge >= 0.3 is 0 Å². The lowest BCUT2D eigenvalue weighted by Crippen LogP contribution is -2.18. The summed E-state index contributed by atoms with van der Waals surface area (Å²) in [5.41, 5.74) is 8.22. The first-order chi connectivity index (χ1) is 8.31. The van der Waals surface area contributed by atoms with Crippen LogP contribution in [0, 0.1) is 5.92 Å². The van der Waals surface area contributed by atoms with Crippen LogP contribution in [-0.4, -0.2) is 14.5 Å². The number of fused-ring (bicyclic) bond motifs is 1. The van der Waals surface area contributed by atoms with Gasteiger partial charge in [-0.05, 0) is 37.3 Å². The Bertz CT molecular complexity index is 527. The second kappa shape index (κ2) is 4.11. The Morgan fingerprint density at radius 3 is 3.06 bits per heavy atom. The lowest BCUT2D eigenvalue weighted by molar-refractivity contribution is 0.541. The Balaban J connectivity index is 2.11. The SMILES string of the molecule is CCCn1c(C(N)C2CC2)nc2cccnc21. The highest BCUT2D eigenvalue weighted by molar-refractivity contribution is 5.71. The van der Waals surface area contributed by atoms with Gasteiger partial charge in [-0.1, -0.05) is 6.92 Å². The van der Waals surface area contributed by atoms with Crippen molar-refractivity contribution in [2.75, 3.05) is 0 Å². The van der Waals surface area contributed by atoms with Gasteiger partial charge < -0.3 is 10.3 Å². The van der Waals surface area contributed by atoms with Crippen molar-refractivity contribution >= 4 is 11.2 Å². The fourth-order valence-electron chi connectivity index (χ4n) is 2.34. The van der Waals surface area contributed by atoms with Crippen molar-refractivity contribution in [3.63, 3.8) is 0 Å². The molecule has 17 heavy (non-hydrogen) atoms. The normalized spacial score (nSPS) is 17.5. The predicted octanol–water partition coefficient (Wildman–Crippen LogP) is 2.25. The lowest BCUT2D eigenvalue weighted by Gasteiger charge is -2.12. The third-order valence-corrected chi connectivity index (χ3v) is 3.41. The molecule has 0 amide bonds. The molecule has 2 N–H and O–H groups in total. The van der Waals surface area contributed by atoms with Gasteiger partial charge in [-0.25, -0.2) is 9.97 Å². The number of nitrogens with two attached hydrogens (primary N) is 1. The van der Waals surface area contributed by atoms with E-state index >= 15 is 0 Å². The van der Waals surface area contributed by atoms with E-state index in [2.05, 4.69) is 21.5 Å². The number of hydrogen-bond acceptors (Lipinski definition) is 3. The van der Waals surface area contributed by atoms with Gasteiger partial charge in [0.05, 0.1) is 6.04 Å². The number of rotatable bonds is 4. The molecule has 0 spiro atoms. The number of aryl methyl sites for hydroxylation is 1. The summed E-state index contributed by atoms with van der Waals surface area (Å²) in [5.74, 6) is 1.64. The first-order valence-corrected chi connectivity index (χ1v) is 6.38. The van der Waals surface area contributed by atoms with E-state index in [-0.39, 0.29) is 6.04 Å². The van der Waals surface area contributed by atoms with Crippen molar-refractivity contribution < 1.29 is 0 Å². The van der Waals surface area contributed by atoms with E-state index in [1.165, 1.54) is 12.8 Å². The Labute approximate surface area is 101 Å². The van der Waals surface area contributed by atoms with Gasteiger partial charge in [-0.15, -0.1) is 0 Å². The molecular formula is C13H18N4. The van der Waals surface area contributed by atoms with Crippen LogP contribution >= 0.6 is 0 Å². The number of aromatic nitrogens is 3. The maximum Gasteiger partial charge on any atom is 0.160 e. The van der Waals surface area contributed by atoms with Gasteiger partial charge in [-0.3, -0.25) is 0 Å². The van der Waals surface area contributed by atoms with Crippen molar-refractivity contribution in [1.29, 1.82) is 0 Å². The summed E-state index contributed by atoms with van der Waals surface area (Å²) < 4.78 is 2.19. The van der Waals surface area contributed by atoms with Gasteiger partial charge in [0.15, 0.2) is 5.65 Å². The predicted molar refractivity (Wildman–Crippen MR) is 67.5 cm³/mol. The zero-order chi connectivity index (χ0) is 11.8. The number of nitrogens with zero attached hydrogens (tertiary/aromatic N) is 3. The van der Waals surface area contributed by atoms with Gasteiger partial charge in [0.25, 0.3) is 0 Å². The van der Waals surface area contributed by atoms with E-state index in [0.29, 0.717) is 5.92 Å². The Morgan fingerprint density at radius 1 is 1.53 bits per heavy atom. The minimum Gasteiger partial charge on any atom is -0.321 e. The van der Waals surface area contributed by atoms with E-state index in [1.807, 2.05) is 18.3 Å². The summed E-state index contributed by atoms with van der Waals surface area (Å²) in [5, 5.41) is 0. The van der Waals surface area contributed by atoms with Crippen molar-refractivity contribution in [2.45, 2.75) is 38.8 Å². The van der Waals surface area contributed by atoms with Gasteiger partial charge in [-0.2, -0.15) is 0 Å². The topological polar surface area (TPSA) is 56.7 Å². The van der Waals surface area contributed by atoms with Crippen LogP contribution in [0.3, 0.4) is 0 Å². The molecule has 2 aromatic heterocycles. The molecule has 0 aliphatic heterocycles. The third-order valence-electron chi connectivity index (χ3n) is 3.41. The second-order valence-corrected chi connectivity index (χ2v) is 4.83. The van der Waals surface area contributed by atoms with Crippen LogP contribution < -0.4 is 5.73 Å². The standard InChI is InChI=1S/C13H18N4/c1-2-8-17-12-10(4-3-7-15-12)16-13(17)11(14)9-5-6-9/h3-4,7,9,11H,2,5-6,8,14H2,1H3. The molecule has 0 radical (unpaired) electrons. The second-order valence-electron chi connectivity index (χ2n) is 4.83. The molecule has 4 heteroatoms. The fourth-order valence-corrected chi connectivity index (χ4v) is 2.34. The smallest absolute Gasteiger partial charge is 0.160 e. The van der Waals surface area contributed by atoms with Crippen LogP contribution in [0.25, 0.3) is 11.2 Å². The van der Waals surface area contributed by atoms with E-state index in [1.54, 1.807) is 0 Å². The largest absolute Gasteiger partial charge is 0.321 e. The zero-order valence-electron chi connectivity index (χ0n) is 10.1. The van der Waals surface area contributed by atoms with Crippen LogP contribution in [0.2, 0.25) is 0 Å². The number of hydrogen-bond donors (Lipinski definition) is 1. The monoisotopic (exact) mass is 230 g/mol. The van der Waals surface area contributed by atoms with E-state index in [0.717, 1.165) is 30.0 Å². The molecule has 3 rings (SSSR count). The van der Waals surface area contributed by atoms with Gasteiger partial charge in [0.1, 0.15) is 11.3 Å². The quantitative estimate of drug-likeness (QED) is 0.876. The Morgan fingerprint density at radius 2 is 2.35 bits per heavy atom. The van der Waals surface area contributed by atoms with Crippen molar-refractivity contribution in [3.8, 4) is 0 Å². The Kier molecular flexibility index (Phi) is 2.59. The zero-order valence-corrected chi connectivity index (χ0v) is 10.1. The average Bonchev–Trinajstić information content (AvgIpc) is 3.13. The average molecular weight is 230 g/mol. The summed E-state index contributed by atoms with van der Waals surface area (Å²) in [6.45, 7) is 3.12. The minimum absolute atomic E-state index is 0.0794. The molecule has 0 saturated heterocycles. The highest BCUT2D eigenvalue weighted by Crippen LogP contribution is 2.39. The number of imidazole rings is 1. The van der Waals surface area contributed by atoms with Crippen molar-refractivity contribution in [2.24, 2.45) is 11.7 Å². The highest BCUT2D eigenvalue weighted by Gasteiger charge is 2.32. The lowest BCUT2D eigenvalue weighted by atomic mass is 10.2. The molecule has 2 heterocycles. The molecule has 1 fully saturated rings. The molecule has 1 saturated carbocycles. The molecule has 0 aromatic carbocycles. The molecular weight excluding hydrogens is 212 g/mol. The van der Waals surface area contributed by atoms with E-state index in [4.69, 9.17) is 5.73 Å². The molecule has 90 valence electrons. The van der Waals surface area contributed by atoms with E-state index < -0.39 is 0 Å². The Hall–Kier alpha value is -1.42. The first kappa shape index (κ1) is 10.7. The maximum atomic E-state index is 6.28. The molecule has 2 aromatic rings. The van der Waals surface area contributed by atoms with Crippen molar-refractivity contribution in [3.05, 3.63) is 24.2 Å². The number of pyridine rings is 1. The van der Waals surface area contributed by atoms with Crippen LogP contribution in [0.5, 0.6) is 0 Å². The van der Waals surface area contributed by atoms with Crippen LogP contribution in [0.15, 0.2) is 18.3 Å². The summed E-state index contributed by atoms with van der Waals surface area (Å²) in [6, 6.07) is 4.02. The molecule has 4 nitrogen and oxygen atoms in total. The van der Waals surface area contributed by atoms with Crippen LogP contribution in [-0.2, 0) is 6.54 Å². The molecule has 0 bridgehead atoms. The molecule has 1 aliphatic rings. The van der Waals surface area contributed by atoms with Gasteiger partial charge in [0.2, 0.25) is 0 Å². The van der Waals surface area contributed by atoms with Crippen LogP contribution in [0.1, 0.15) is 38.1 Å². The highest BCUT2D eigenvalue weighted by atomic mass is 15.1. The summed E-state index contributed by atoms with van der Waals surface area (Å²) in [4.78, 5) is 9.10. The summed E-state index contributed by atoms with van der Waals surface area (Å²) in [6.07, 6.45) is 5.38. The first-order valence-electron chi connectivity index (χ1n) is 6.38. The third kappa shape index (κ3) is 1.82. The molecule has 1 aliphatic carbocycles. The minimum atomic E-state index is 0.0794. The van der Waals surface area contributed by atoms with Gasteiger partial charge in [0, 0.05) is 12.7 Å². The fraction of sp³-hybridized carbons (Fsp3) is 0.538. The summed E-state index contributed by atoms with van der Waals surface area (Å²) >= 11 is 0. The van der Waals surface area contributed by atoms with E-state index in [9.17, 15) is 0 Å². The molecule has 1 unspecified atom stereocenters. The van der Waals surface area contributed by atoms with Crippen molar-refractivity contribution in [1.82, 2.24) is 14.5 Å². The van der Waals surface area contributed by atoms with Crippen LogP contribution in [0.4, 0.5) is 0 Å².